The highest BCUT2D eigenvalue weighted by Gasteiger charge is 2.30. The average Bonchev–Trinajstić information content (AvgIpc) is 2.97. The van der Waals surface area contributed by atoms with Crippen LogP contribution in [0.15, 0.2) is 132 Å². The molecule has 0 saturated carbocycles. The maximum absolute atomic E-state index is 5.94. The van der Waals surface area contributed by atoms with Crippen molar-refractivity contribution in [2.45, 2.75) is 46.0 Å². The zero-order valence-corrected chi connectivity index (χ0v) is 24.2. The number of benzene rings is 4. The molecule has 0 spiro atoms. The van der Waals surface area contributed by atoms with Gasteiger partial charge in [0.25, 0.3) is 0 Å². The molecular weight excluding hydrogens is 491 g/mol. The third-order valence-corrected chi connectivity index (χ3v) is 10.7. The monoisotopic (exact) mass is 528 g/mol. The Kier molecular flexibility index (Phi) is 8.24. The van der Waals surface area contributed by atoms with Crippen molar-refractivity contribution in [2.75, 3.05) is 0 Å². The minimum absolute atomic E-state index is 0.355. The molecule has 0 aliphatic rings. The lowest BCUT2D eigenvalue weighted by Gasteiger charge is -2.28. The Hall–Kier alpha value is -3.74. The first-order valence-corrected chi connectivity index (χ1v) is 15.6. The molecule has 0 amide bonds. The van der Waals surface area contributed by atoms with Crippen molar-refractivity contribution in [3.63, 3.8) is 0 Å². The van der Waals surface area contributed by atoms with E-state index in [0.29, 0.717) is 11.8 Å². The SMILES string of the molecule is CC(C)c1cccc(C(C)C)c1N=P(c1ccccc1)(c1ccccc1)c1cccc(Cc2ccccc2)n1. The van der Waals surface area contributed by atoms with Crippen LogP contribution >= 0.6 is 7.05 Å². The Morgan fingerprint density at radius 1 is 0.564 bits per heavy atom. The molecule has 5 aromatic rings. The van der Waals surface area contributed by atoms with Crippen LogP contribution in [0, 0.1) is 0 Å². The van der Waals surface area contributed by atoms with Gasteiger partial charge in [0.2, 0.25) is 0 Å². The van der Waals surface area contributed by atoms with Crippen molar-refractivity contribution in [2.24, 2.45) is 4.74 Å². The van der Waals surface area contributed by atoms with E-state index in [1.54, 1.807) is 0 Å². The van der Waals surface area contributed by atoms with Gasteiger partial charge in [-0.05, 0) is 40.7 Å². The van der Waals surface area contributed by atoms with Crippen LogP contribution in [0.4, 0.5) is 5.69 Å². The van der Waals surface area contributed by atoms with Gasteiger partial charge < -0.3 is 0 Å². The quantitative estimate of drug-likeness (QED) is 0.185. The molecule has 0 atom stereocenters. The standard InChI is InChI=1S/C36H37N2P/c1-27(2)33-23-15-24-34(28(3)4)36(33)38-39(31-19-10-6-11-20-31,32-21-12-7-13-22-32)35-25-14-18-30(37-35)26-29-16-8-5-9-17-29/h5-25,27-28H,26H2,1-4H3. The molecule has 2 nitrogen and oxygen atoms in total. The summed E-state index contributed by atoms with van der Waals surface area (Å²) in [4.78, 5) is 5.39. The van der Waals surface area contributed by atoms with E-state index in [1.165, 1.54) is 27.3 Å². The number of nitrogens with zero attached hydrogens (tertiary/aromatic N) is 2. The van der Waals surface area contributed by atoms with Gasteiger partial charge in [-0.1, -0.05) is 143 Å². The lowest BCUT2D eigenvalue weighted by atomic mass is 9.93. The molecule has 4 aromatic carbocycles. The normalized spacial score (nSPS) is 11.6. The highest BCUT2D eigenvalue weighted by Crippen LogP contribution is 2.51. The first-order valence-electron chi connectivity index (χ1n) is 13.9. The van der Waals surface area contributed by atoms with E-state index >= 15 is 0 Å². The predicted molar refractivity (Wildman–Crippen MR) is 169 cm³/mol. The first kappa shape index (κ1) is 26.9. The lowest BCUT2D eigenvalue weighted by molar-refractivity contribution is 0.835. The van der Waals surface area contributed by atoms with Gasteiger partial charge in [-0.15, -0.1) is 0 Å². The third kappa shape index (κ3) is 5.68. The lowest BCUT2D eigenvalue weighted by Crippen LogP contribution is -2.28. The molecular formula is C36H37N2P. The Bertz CT molecular complexity index is 1500. The molecule has 0 aliphatic heterocycles. The van der Waals surface area contributed by atoms with Gasteiger partial charge in [-0.3, -0.25) is 9.73 Å². The molecule has 0 radical (unpaired) electrons. The fourth-order valence-electron chi connectivity index (χ4n) is 5.20. The maximum Gasteiger partial charge on any atom is 0.0890 e. The van der Waals surface area contributed by atoms with Gasteiger partial charge in [0.1, 0.15) is 0 Å². The van der Waals surface area contributed by atoms with Gasteiger partial charge >= 0.3 is 0 Å². The number of pyridine rings is 1. The van der Waals surface area contributed by atoms with Crippen LogP contribution in [0.25, 0.3) is 0 Å². The van der Waals surface area contributed by atoms with Crippen molar-refractivity contribution >= 4 is 28.8 Å². The van der Waals surface area contributed by atoms with Crippen LogP contribution in [0.1, 0.15) is 61.9 Å². The summed E-state index contributed by atoms with van der Waals surface area (Å²) < 4.78 is 5.94. The van der Waals surface area contributed by atoms with E-state index in [4.69, 9.17) is 9.73 Å². The molecule has 196 valence electrons. The van der Waals surface area contributed by atoms with E-state index in [-0.39, 0.29) is 0 Å². The van der Waals surface area contributed by atoms with Crippen molar-refractivity contribution in [3.8, 4) is 0 Å². The van der Waals surface area contributed by atoms with Gasteiger partial charge in [-0.25, -0.2) is 0 Å². The molecule has 0 saturated heterocycles. The summed E-state index contributed by atoms with van der Waals surface area (Å²) in [6.45, 7) is 9.06. The van der Waals surface area contributed by atoms with Gasteiger partial charge in [-0.2, -0.15) is 0 Å². The van der Waals surface area contributed by atoms with E-state index in [9.17, 15) is 0 Å². The summed E-state index contributed by atoms with van der Waals surface area (Å²) in [6, 6.07) is 45.4. The molecule has 3 heteroatoms. The zero-order chi connectivity index (χ0) is 27.2. The van der Waals surface area contributed by atoms with Gasteiger partial charge in [0.05, 0.1) is 18.2 Å². The fourth-order valence-corrected chi connectivity index (χ4v) is 8.67. The Morgan fingerprint density at radius 2 is 1.05 bits per heavy atom. The largest absolute Gasteiger partial charge is 0.252 e. The Morgan fingerprint density at radius 3 is 1.56 bits per heavy atom. The van der Waals surface area contributed by atoms with Gasteiger partial charge in [0.15, 0.2) is 0 Å². The molecule has 0 N–H and O–H groups in total. The van der Waals surface area contributed by atoms with Crippen LogP contribution in [0.2, 0.25) is 0 Å². The number of rotatable bonds is 8. The zero-order valence-electron chi connectivity index (χ0n) is 23.3. The van der Waals surface area contributed by atoms with Crippen LogP contribution < -0.4 is 16.0 Å². The molecule has 0 bridgehead atoms. The first-order chi connectivity index (χ1) is 19.0. The molecule has 0 unspecified atom stereocenters. The molecule has 0 aliphatic carbocycles. The molecule has 1 heterocycles. The smallest absolute Gasteiger partial charge is 0.0890 e. The molecule has 39 heavy (non-hydrogen) atoms. The van der Waals surface area contributed by atoms with Crippen LogP contribution in [-0.2, 0) is 6.42 Å². The molecule has 1 aromatic heterocycles. The summed E-state index contributed by atoms with van der Waals surface area (Å²) in [5, 5.41) is 2.43. The van der Waals surface area contributed by atoms with Crippen molar-refractivity contribution in [1.29, 1.82) is 0 Å². The summed E-state index contributed by atoms with van der Waals surface area (Å²) in [5.41, 5.74) is 7.07. The minimum Gasteiger partial charge on any atom is -0.252 e. The topological polar surface area (TPSA) is 25.2 Å². The second kappa shape index (κ2) is 12.0. The van der Waals surface area contributed by atoms with Crippen molar-refractivity contribution < 1.29 is 0 Å². The van der Waals surface area contributed by atoms with Crippen molar-refractivity contribution in [3.05, 3.63) is 150 Å². The summed E-state index contributed by atoms with van der Waals surface area (Å²) in [6.07, 6.45) is 0.790. The molecule has 5 rings (SSSR count). The minimum atomic E-state index is -2.53. The second-order valence-electron chi connectivity index (χ2n) is 10.7. The predicted octanol–water partition coefficient (Wildman–Crippen LogP) is 8.73. The van der Waals surface area contributed by atoms with Crippen LogP contribution in [-0.4, -0.2) is 4.98 Å². The number of aromatic nitrogens is 1. The second-order valence-corrected chi connectivity index (χ2v) is 13.6. The number of hydrogen-bond donors (Lipinski definition) is 0. The van der Waals surface area contributed by atoms with E-state index in [2.05, 4.69) is 155 Å². The fraction of sp³-hybridized carbons (Fsp3) is 0.194. The van der Waals surface area contributed by atoms with Crippen molar-refractivity contribution in [1.82, 2.24) is 4.98 Å². The third-order valence-electron chi connectivity index (χ3n) is 7.20. The Balaban J connectivity index is 1.88. The highest BCUT2D eigenvalue weighted by molar-refractivity contribution is 7.87. The molecule has 0 fully saturated rings. The van der Waals surface area contributed by atoms with E-state index < -0.39 is 7.05 Å². The van der Waals surface area contributed by atoms with Crippen LogP contribution in [0.3, 0.4) is 0 Å². The summed E-state index contributed by atoms with van der Waals surface area (Å²) >= 11 is 0. The highest BCUT2D eigenvalue weighted by atomic mass is 31.2. The summed E-state index contributed by atoms with van der Waals surface area (Å²) in [7, 11) is -2.53. The average molecular weight is 529 g/mol. The Labute approximate surface area is 233 Å². The van der Waals surface area contributed by atoms with E-state index in [1.807, 2.05) is 0 Å². The number of hydrogen-bond acceptors (Lipinski definition) is 2. The maximum atomic E-state index is 5.94. The summed E-state index contributed by atoms with van der Waals surface area (Å²) in [5.74, 6) is 0.710. The van der Waals surface area contributed by atoms with E-state index in [0.717, 1.165) is 23.2 Å². The van der Waals surface area contributed by atoms with Gasteiger partial charge in [0, 0.05) is 22.7 Å². The van der Waals surface area contributed by atoms with Crippen LogP contribution in [0.5, 0.6) is 0 Å².